The van der Waals surface area contributed by atoms with Gasteiger partial charge in [0.05, 0.1) is 0 Å². The fourth-order valence-corrected chi connectivity index (χ4v) is 3.18. The summed E-state index contributed by atoms with van der Waals surface area (Å²) in [5.41, 5.74) is 0.943. The van der Waals surface area contributed by atoms with Gasteiger partial charge in [0.25, 0.3) is 0 Å². The number of unbranched alkanes of at least 4 members (excludes halogenated alkanes) is 2. The Bertz CT molecular complexity index is 560. The lowest BCUT2D eigenvalue weighted by molar-refractivity contribution is 0.202. The molecule has 114 valence electrons. The topological polar surface area (TPSA) is 53.7 Å². The van der Waals surface area contributed by atoms with Crippen molar-refractivity contribution >= 4 is 5.65 Å². The molecular weight excluding hydrogens is 264 g/mol. The fourth-order valence-electron chi connectivity index (χ4n) is 3.18. The Hall–Kier alpha value is -1.46. The van der Waals surface area contributed by atoms with E-state index in [0.717, 1.165) is 56.8 Å². The molecular formula is C16H24N4O. The second kappa shape index (κ2) is 7.00. The van der Waals surface area contributed by atoms with Crippen LogP contribution >= 0.6 is 0 Å². The van der Waals surface area contributed by atoms with Crippen LogP contribution in [0.25, 0.3) is 5.65 Å². The highest BCUT2D eigenvalue weighted by atomic mass is 16.2. The van der Waals surface area contributed by atoms with Gasteiger partial charge in [-0.3, -0.25) is 4.40 Å². The molecule has 0 amide bonds. The molecule has 3 rings (SSSR count). The summed E-state index contributed by atoms with van der Waals surface area (Å²) in [6, 6.07) is 6.05. The van der Waals surface area contributed by atoms with E-state index >= 15 is 0 Å². The first kappa shape index (κ1) is 14.5. The Kier molecular flexibility index (Phi) is 4.83. The zero-order valence-corrected chi connectivity index (χ0v) is 12.5. The molecule has 5 nitrogen and oxygen atoms in total. The van der Waals surface area contributed by atoms with Crippen LogP contribution in [0.2, 0.25) is 0 Å². The smallest absolute Gasteiger partial charge is 0.160 e. The van der Waals surface area contributed by atoms with Gasteiger partial charge in [0.15, 0.2) is 5.65 Å². The van der Waals surface area contributed by atoms with Crippen molar-refractivity contribution in [3.05, 3.63) is 30.2 Å². The third kappa shape index (κ3) is 3.41. The normalized spacial score (nSPS) is 17.6. The molecule has 5 heteroatoms. The van der Waals surface area contributed by atoms with Gasteiger partial charge in [-0.05, 0) is 63.9 Å². The SMILES string of the molecule is OCCCCCN1CCC(c2nnc3ccccn23)CC1. The van der Waals surface area contributed by atoms with Crippen LogP contribution in [0.1, 0.15) is 43.8 Å². The van der Waals surface area contributed by atoms with Crippen molar-refractivity contribution in [1.29, 1.82) is 0 Å². The Morgan fingerprint density at radius 2 is 1.95 bits per heavy atom. The van der Waals surface area contributed by atoms with E-state index in [2.05, 4.69) is 25.7 Å². The number of fused-ring (bicyclic) bond motifs is 1. The van der Waals surface area contributed by atoms with E-state index in [1.165, 1.54) is 6.42 Å². The predicted molar refractivity (Wildman–Crippen MR) is 82.3 cm³/mol. The van der Waals surface area contributed by atoms with E-state index in [0.29, 0.717) is 12.5 Å². The molecule has 1 aliphatic rings. The molecule has 1 fully saturated rings. The molecule has 2 aromatic rings. The monoisotopic (exact) mass is 288 g/mol. The van der Waals surface area contributed by atoms with E-state index in [-0.39, 0.29) is 0 Å². The molecule has 0 radical (unpaired) electrons. The molecule has 0 saturated carbocycles. The van der Waals surface area contributed by atoms with E-state index in [1.54, 1.807) is 0 Å². The van der Waals surface area contributed by atoms with Gasteiger partial charge in [-0.1, -0.05) is 6.07 Å². The van der Waals surface area contributed by atoms with Crippen LogP contribution in [0.4, 0.5) is 0 Å². The highest BCUT2D eigenvalue weighted by Gasteiger charge is 2.23. The van der Waals surface area contributed by atoms with Crippen LogP contribution in [-0.4, -0.2) is 50.8 Å². The van der Waals surface area contributed by atoms with Crippen molar-refractivity contribution in [3.8, 4) is 0 Å². The minimum absolute atomic E-state index is 0.321. The van der Waals surface area contributed by atoms with Gasteiger partial charge in [-0.2, -0.15) is 0 Å². The average molecular weight is 288 g/mol. The van der Waals surface area contributed by atoms with Crippen molar-refractivity contribution in [2.24, 2.45) is 0 Å². The van der Waals surface area contributed by atoms with Crippen LogP contribution < -0.4 is 0 Å². The molecule has 2 aromatic heterocycles. The van der Waals surface area contributed by atoms with Crippen molar-refractivity contribution in [3.63, 3.8) is 0 Å². The maximum absolute atomic E-state index is 8.80. The summed E-state index contributed by atoms with van der Waals surface area (Å²) in [4.78, 5) is 2.54. The minimum Gasteiger partial charge on any atom is -0.396 e. The number of pyridine rings is 1. The molecule has 0 spiro atoms. The van der Waals surface area contributed by atoms with E-state index in [4.69, 9.17) is 5.11 Å². The second-order valence-electron chi connectivity index (χ2n) is 5.89. The highest BCUT2D eigenvalue weighted by molar-refractivity contribution is 5.37. The summed E-state index contributed by atoms with van der Waals surface area (Å²) < 4.78 is 2.13. The Morgan fingerprint density at radius 3 is 2.76 bits per heavy atom. The Morgan fingerprint density at radius 1 is 1.10 bits per heavy atom. The first-order valence-electron chi connectivity index (χ1n) is 8.01. The number of nitrogens with zero attached hydrogens (tertiary/aromatic N) is 4. The van der Waals surface area contributed by atoms with Crippen molar-refractivity contribution in [1.82, 2.24) is 19.5 Å². The Labute approximate surface area is 125 Å². The van der Waals surface area contributed by atoms with Crippen LogP contribution in [0.3, 0.4) is 0 Å². The van der Waals surface area contributed by atoms with Gasteiger partial charge >= 0.3 is 0 Å². The highest BCUT2D eigenvalue weighted by Crippen LogP contribution is 2.27. The maximum atomic E-state index is 8.80. The number of hydrogen-bond acceptors (Lipinski definition) is 4. The second-order valence-corrected chi connectivity index (χ2v) is 5.89. The number of rotatable bonds is 6. The number of piperidine rings is 1. The van der Waals surface area contributed by atoms with Crippen LogP contribution in [0.15, 0.2) is 24.4 Å². The molecule has 0 bridgehead atoms. The van der Waals surface area contributed by atoms with Crippen LogP contribution in [0, 0.1) is 0 Å². The summed E-state index contributed by atoms with van der Waals surface area (Å²) in [5, 5.41) is 17.5. The molecule has 3 heterocycles. The minimum atomic E-state index is 0.321. The molecule has 1 aliphatic heterocycles. The van der Waals surface area contributed by atoms with E-state index < -0.39 is 0 Å². The van der Waals surface area contributed by atoms with Gasteiger partial charge < -0.3 is 10.0 Å². The van der Waals surface area contributed by atoms with Crippen molar-refractivity contribution in [2.75, 3.05) is 26.2 Å². The third-order valence-electron chi connectivity index (χ3n) is 4.43. The van der Waals surface area contributed by atoms with Crippen molar-refractivity contribution < 1.29 is 5.11 Å². The number of aromatic nitrogens is 3. The standard InChI is InChI=1S/C16H24N4O/c21-13-5-1-3-9-19-11-7-14(8-12-19)16-18-17-15-6-2-4-10-20(15)16/h2,4,6,10,14,21H,1,3,5,7-9,11-13H2. The van der Waals surface area contributed by atoms with Crippen LogP contribution in [-0.2, 0) is 0 Å². The summed E-state index contributed by atoms with van der Waals surface area (Å²) in [7, 11) is 0. The average Bonchev–Trinajstić information content (AvgIpc) is 2.96. The number of likely N-dealkylation sites (tertiary alicyclic amines) is 1. The summed E-state index contributed by atoms with van der Waals surface area (Å²) in [6.07, 6.45) is 7.64. The summed E-state index contributed by atoms with van der Waals surface area (Å²) in [5.74, 6) is 1.64. The van der Waals surface area contributed by atoms with Gasteiger partial charge in [0, 0.05) is 18.7 Å². The number of aliphatic hydroxyl groups is 1. The molecule has 21 heavy (non-hydrogen) atoms. The van der Waals surface area contributed by atoms with Gasteiger partial charge in [-0.25, -0.2) is 0 Å². The summed E-state index contributed by atoms with van der Waals surface area (Å²) in [6.45, 7) is 3.77. The van der Waals surface area contributed by atoms with Gasteiger partial charge in [0.1, 0.15) is 5.82 Å². The largest absolute Gasteiger partial charge is 0.396 e. The Balaban J connectivity index is 1.54. The van der Waals surface area contributed by atoms with Crippen LogP contribution in [0.5, 0.6) is 0 Å². The van der Waals surface area contributed by atoms with E-state index in [9.17, 15) is 0 Å². The molecule has 0 aliphatic carbocycles. The zero-order chi connectivity index (χ0) is 14.5. The molecule has 0 unspecified atom stereocenters. The molecule has 0 aromatic carbocycles. The first-order valence-corrected chi connectivity index (χ1v) is 8.01. The first-order chi connectivity index (χ1) is 10.4. The van der Waals surface area contributed by atoms with E-state index in [1.807, 2.05) is 18.2 Å². The lowest BCUT2D eigenvalue weighted by Crippen LogP contribution is -2.34. The number of hydrogen-bond donors (Lipinski definition) is 1. The van der Waals surface area contributed by atoms with Gasteiger partial charge in [0.2, 0.25) is 0 Å². The maximum Gasteiger partial charge on any atom is 0.160 e. The van der Waals surface area contributed by atoms with Crippen molar-refractivity contribution in [2.45, 2.75) is 38.0 Å². The zero-order valence-electron chi connectivity index (χ0n) is 12.5. The predicted octanol–water partition coefficient (Wildman–Crippen LogP) is 2.07. The molecule has 0 atom stereocenters. The molecule has 1 N–H and O–H groups in total. The van der Waals surface area contributed by atoms with Gasteiger partial charge in [-0.15, -0.1) is 10.2 Å². The quantitative estimate of drug-likeness (QED) is 0.827. The number of aliphatic hydroxyl groups excluding tert-OH is 1. The molecule has 1 saturated heterocycles. The lowest BCUT2D eigenvalue weighted by Gasteiger charge is -2.31. The lowest BCUT2D eigenvalue weighted by atomic mass is 9.96. The fraction of sp³-hybridized carbons (Fsp3) is 0.625. The summed E-state index contributed by atoms with van der Waals surface area (Å²) >= 11 is 0. The third-order valence-corrected chi connectivity index (χ3v) is 4.43.